The van der Waals surface area contributed by atoms with Crippen molar-refractivity contribution in [2.24, 2.45) is 17.1 Å². The van der Waals surface area contributed by atoms with Crippen molar-refractivity contribution in [3.8, 4) is 0 Å². The summed E-state index contributed by atoms with van der Waals surface area (Å²) in [6, 6.07) is 0. The molecule has 88 valence electrons. The Morgan fingerprint density at radius 2 is 2.27 bits per heavy atom. The van der Waals surface area contributed by atoms with E-state index in [0.29, 0.717) is 5.41 Å². The lowest BCUT2D eigenvalue weighted by Crippen LogP contribution is -2.39. The van der Waals surface area contributed by atoms with Crippen molar-refractivity contribution in [3.63, 3.8) is 0 Å². The first kappa shape index (κ1) is 11.4. The van der Waals surface area contributed by atoms with E-state index in [9.17, 15) is 0 Å². The number of rotatable bonds is 5. The molecule has 0 unspecified atom stereocenters. The molecule has 2 aliphatic rings. The van der Waals surface area contributed by atoms with E-state index in [1.165, 1.54) is 32.4 Å². The van der Waals surface area contributed by atoms with Gasteiger partial charge in [0, 0.05) is 38.7 Å². The molecule has 0 bridgehead atoms. The second-order valence-electron chi connectivity index (χ2n) is 5.10. The largest absolute Gasteiger partial charge is 0.381 e. The predicted molar refractivity (Wildman–Crippen MR) is 61.8 cm³/mol. The molecule has 2 rings (SSSR count). The van der Waals surface area contributed by atoms with Gasteiger partial charge in [-0.25, -0.2) is 0 Å². The number of likely N-dealkylation sites (tertiary alicyclic amines) is 1. The van der Waals surface area contributed by atoms with Crippen molar-refractivity contribution in [1.82, 2.24) is 4.90 Å². The first-order chi connectivity index (χ1) is 7.30. The minimum absolute atomic E-state index is 0.602. The molecule has 1 aliphatic heterocycles. The minimum Gasteiger partial charge on any atom is -0.381 e. The third kappa shape index (κ3) is 2.19. The molecule has 0 radical (unpaired) electrons. The van der Waals surface area contributed by atoms with E-state index in [4.69, 9.17) is 10.5 Å². The fourth-order valence-corrected chi connectivity index (χ4v) is 3.18. The van der Waals surface area contributed by atoms with Gasteiger partial charge in [-0.1, -0.05) is 6.42 Å². The summed E-state index contributed by atoms with van der Waals surface area (Å²) in [7, 11) is 0. The monoisotopic (exact) mass is 212 g/mol. The van der Waals surface area contributed by atoms with Gasteiger partial charge in [0.1, 0.15) is 0 Å². The molecule has 1 saturated carbocycles. The third-order valence-electron chi connectivity index (χ3n) is 4.20. The second kappa shape index (κ2) is 4.81. The summed E-state index contributed by atoms with van der Waals surface area (Å²) in [4.78, 5) is 2.53. The van der Waals surface area contributed by atoms with Crippen LogP contribution in [0.4, 0.5) is 0 Å². The minimum atomic E-state index is 0.602. The Bertz CT molecular complexity index is 204. The van der Waals surface area contributed by atoms with Crippen molar-refractivity contribution in [2.45, 2.75) is 26.2 Å². The maximum absolute atomic E-state index is 5.63. The number of hydrogen-bond donors (Lipinski definition) is 1. The quantitative estimate of drug-likeness (QED) is 0.741. The van der Waals surface area contributed by atoms with E-state index < -0.39 is 0 Å². The Labute approximate surface area is 93.0 Å². The summed E-state index contributed by atoms with van der Waals surface area (Å²) in [5.74, 6) is 0.762. The first-order valence-electron chi connectivity index (χ1n) is 6.31. The van der Waals surface area contributed by atoms with Crippen LogP contribution in [-0.4, -0.2) is 44.3 Å². The molecular weight excluding hydrogens is 188 g/mol. The molecule has 0 amide bonds. The molecule has 1 heterocycles. The number of nitrogens with two attached hydrogens (primary N) is 1. The highest BCUT2D eigenvalue weighted by Crippen LogP contribution is 2.51. The molecule has 0 aromatic rings. The molecule has 3 heteroatoms. The van der Waals surface area contributed by atoms with Gasteiger partial charge in [0.2, 0.25) is 0 Å². The van der Waals surface area contributed by atoms with Crippen molar-refractivity contribution in [2.75, 3.05) is 39.4 Å². The molecule has 0 aromatic heterocycles. The van der Waals surface area contributed by atoms with Crippen molar-refractivity contribution < 1.29 is 4.74 Å². The van der Waals surface area contributed by atoms with Gasteiger partial charge in [-0.15, -0.1) is 0 Å². The van der Waals surface area contributed by atoms with Gasteiger partial charge < -0.3 is 15.4 Å². The summed E-state index contributed by atoms with van der Waals surface area (Å²) in [5.41, 5.74) is 6.23. The van der Waals surface area contributed by atoms with E-state index in [1.807, 2.05) is 0 Å². The van der Waals surface area contributed by atoms with Gasteiger partial charge in [-0.3, -0.25) is 0 Å². The topological polar surface area (TPSA) is 38.5 Å². The first-order valence-corrected chi connectivity index (χ1v) is 6.31. The van der Waals surface area contributed by atoms with E-state index in [1.54, 1.807) is 0 Å². The maximum Gasteiger partial charge on any atom is 0.0512 e. The fourth-order valence-electron chi connectivity index (χ4n) is 3.18. The summed E-state index contributed by atoms with van der Waals surface area (Å²) in [6.45, 7) is 8.21. The predicted octanol–water partition coefficient (Wildman–Crippen LogP) is 1.08. The molecule has 15 heavy (non-hydrogen) atoms. The highest BCUT2D eigenvalue weighted by atomic mass is 16.5. The fraction of sp³-hybridized carbons (Fsp3) is 1.00. The molecule has 0 aromatic carbocycles. The zero-order chi connectivity index (χ0) is 10.7. The molecule has 1 atom stereocenters. The van der Waals surface area contributed by atoms with Crippen LogP contribution in [0.3, 0.4) is 0 Å². The van der Waals surface area contributed by atoms with Crippen molar-refractivity contribution in [3.05, 3.63) is 0 Å². The average Bonchev–Trinajstić information content (AvgIpc) is 2.54. The standard InChI is InChI=1S/C12H24N2O/c1-2-15-9-11-8-14(7-6-13)10-12(11)4-3-5-12/h11H,2-10,13H2,1H3/t11-/m0/s1. The summed E-state index contributed by atoms with van der Waals surface area (Å²) >= 11 is 0. The summed E-state index contributed by atoms with van der Waals surface area (Å²) in [5, 5.41) is 0. The van der Waals surface area contributed by atoms with Crippen molar-refractivity contribution >= 4 is 0 Å². The Balaban J connectivity index is 1.89. The number of hydrogen-bond acceptors (Lipinski definition) is 3. The van der Waals surface area contributed by atoms with Crippen LogP contribution >= 0.6 is 0 Å². The van der Waals surface area contributed by atoms with Crippen LogP contribution in [0, 0.1) is 11.3 Å². The van der Waals surface area contributed by atoms with Gasteiger partial charge in [0.15, 0.2) is 0 Å². The molecule has 3 nitrogen and oxygen atoms in total. The van der Waals surface area contributed by atoms with Gasteiger partial charge >= 0.3 is 0 Å². The number of ether oxygens (including phenoxy) is 1. The Hall–Kier alpha value is -0.120. The van der Waals surface area contributed by atoms with Gasteiger partial charge in [-0.05, 0) is 25.2 Å². The lowest BCUT2D eigenvalue weighted by molar-refractivity contribution is 0.0223. The lowest BCUT2D eigenvalue weighted by Gasteiger charge is -2.43. The maximum atomic E-state index is 5.63. The SMILES string of the molecule is CCOC[C@@H]1CN(CCN)CC12CCC2. The van der Waals surface area contributed by atoms with Crippen LogP contribution in [0.1, 0.15) is 26.2 Å². The van der Waals surface area contributed by atoms with E-state index in [2.05, 4.69) is 11.8 Å². The number of nitrogens with zero attached hydrogens (tertiary/aromatic N) is 1. The van der Waals surface area contributed by atoms with Crippen LogP contribution < -0.4 is 5.73 Å². The Kier molecular flexibility index (Phi) is 3.65. The van der Waals surface area contributed by atoms with Crippen LogP contribution in [-0.2, 0) is 4.74 Å². The molecule has 2 fully saturated rings. The summed E-state index contributed by atoms with van der Waals surface area (Å²) in [6.07, 6.45) is 4.23. The van der Waals surface area contributed by atoms with Crippen LogP contribution in [0.2, 0.25) is 0 Å². The van der Waals surface area contributed by atoms with Gasteiger partial charge in [0.25, 0.3) is 0 Å². The molecular formula is C12H24N2O. The second-order valence-corrected chi connectivity index (χ2v) is 5.10. The van der Waals surface area contributed by atoms with E-state index in [0.717, 1.165) is 32.2 Å². The average molecular weight is 212 g/mol. The van der Waals surface area contributed by atoms with E-state index in [-0.39, 0.29) is 0 Å². The van der Waals surface area contributed by atoms with Crippen LogP contribution in [0.5, 0.6) is 0 Å². The zero-order valence-corrected chi connectivity index (χ0v) is 9.87. The highest BCUT2D eigenvalue weighted by molar-refractivity contribution is 5.01. The molecule has 1 spiro atoms. The van der Waals surface area contributed by atoms with Crippen LogP contribution in [0.15, 0.2) is 0 Å². The van der Waals surface area contributed by atoms with E-state index >= 15 is 0 Å². The third-order valence-corrected chi connectivity index (χ3v) is 4.20. The van der Waals surface area contributed by atoms with Crippen LogP contribution in [0.25, 0.3) is 0 Å². The molecule has 2 N–H and O–H groups in total. The molecule has 1 aliphatic carbocycles. The molecule has 1 saturated heterocycles. The zero-order valence-electron chi connectivity index (χ0n) is 9.87. The normalized spacial score (nSPS) is 29.6. The highest BCUT2D eigenvalue weighted by Gasteiger charge is 2.49. The smallest absolute Gasteiger partial charge is 0.0512 e. The van der Waals surface area contributed by atoms with Gasteiger partial charge in [0.05, 0.1) is 6.61 Å². The lowest BCUT2D eigenvalue weighted by atomic mass is 9.63. The van der Waals surface area contributed by atoms with Crippen molar-refractivity contribution in [1.29, 1.82) is 0 Å². The summed E-state index contributed by atoms with van der Waals surface area (Å²) < 4.78 is 5.62. The Morgan fingerprint density at radius 3 is 2.80 bits per heavy atom. The Morgan fingerprint density at radius 1 is 1.47 bits per heavy atom. The van der Waals surface area contributed by atoms with Gasteiger partial charge in [-0.2, -0.15) is 0 Å².